The van der Waals surface area contributed by atoms with Gasteiger partial charge in [-0.15, -0.1) is 0 Å². The topological polar surface area (TPSA) is 50.8 Å². The summed E-state index contributed by atoms with van der Waals surface area (Å²) in [5.41, 5.74) is 4.29. The van der Waals surface area contributed by atoms with Gasteiger partial charge in [0, 0.05) is 17.0 Å². The summed E-state index contributed by atoms with van der Waals surface area (Å²) in [7, 11) is 1.71. The molecule has 0 bridgehead atoms. The lowest BCUT2D eigenvalue weighted by Crippen LogP contribution is -2.08. The van der Waals surface area contributed by atoms with Crippen LogP contribution in [0, 0.1) is 13.8 Å². The molecule has 20 heavy (non-hydrogen) atoms. The number of nitrogens with zero attached hydrogens (tertiary/aromatic N) is 2. The lowest BCUT2D eigenvalue weighted by atomic mass is 9.87. The maximum Gasteiger partial charge on any atom is 0.125 e. The Morgan fingerprint density at radius 1 is 1.40 bits per heavy atom. The average Bonchev–Trinajstić information content (AvgIpc) is 2.93. The van der Waals surface area contributed by atoms with Crippen LogP contribution in [0.1, 0.15) is 41.6 Å². The molecule has 1 N–H and O–H groups in total. The Kier molecular flexibility index (Phi) is 4.65. The first-order chi connectivity index (χ1) is 9.58. The van der Waals surface area contributed by atoms with E-state index in [0.29, 0.717) is 5.92 Å². The fourth-order valence-electron chi connectivity index (χ4n) is 2.66. The third kappa shape index (κ3) is 2.80. The Hall–Kier alpha value is -1.55. The number of benzene rings is 1. The van der Waals surface area contributed by atoms with Crippen molar-refractivity contribution in [2.24, 2.45) is 0 Å². The molecule has 0 aliphatic heterocycles. The SMILES string of the molecule is CCC(Cc1cn[nH]n1)c1c(C)c(Cl)cc(C)c1OC. The van der Waals surface area contributed by atoms with Crippen molar-refractivity contribution >= 4 is 11.6 Å². The number of methoxy groups -OCH3 is 1. The van der Waals surface area contributed by atoms with Crippen molar-refractivity contribution in [1.29, 1.82) is 0 Å². The Bertz CT molecular complexity index is 581. The molecular weight excluding hydrogens is 274 g/mol. The van der Waals surface area contributed by atoms with E-state index >= 15 is 0 Å². The third-order valence-corrected chi connectivity index (χ3v) is 4.13. The maximum atomic E-state index is 6.34. The van der Waals surface area contributed by atoms with Crippen LogP contribution in [0.4, 0.5) is 0 Å². The van der Waals surface area contributed by atoms with Gasteiger partial charge in [0.05, 0.1) is 19.0 Å². The van der Waals surface area contributed by atoms with Crippen LogP contribution in [-0.2, 0) is 6.42 Å². The van der Waals surface area contributed by atoms with E-state index in [2.05, 4.69) is 22.3 Å². The number of rotatable bonds is 5. The van der Waals surface area contributed by atoms with Gasteiger partial charge in [-0.1, -0.05) is 18.5 Å². The predicted molar refractivity (Wildman–Crippen MR) is 80.6 cm³/mol. The molecule has 1 heterocycles. The molecule has 0 aliphatic rings. The van der Waals surface area contributed by atoms with Crippen LogP contribution in [0.15, 0.2) is 12.3 Å². The zero-order valence-electron chi connectivity index (χ0n) is 12.3. The highest BCUT2D eigenvalue weighted by Gasteiger charge is 2.22. The molecule has 0 saturated heterocycles. The van der Waals surface area contributed by atoms with Crippen LogP contribution in [0.2, 0.25) is 5.02 Å². The number of halogens is 1. The second-order valence-corrected chi connectivity index (χ2v) is 5.43. The Morgan fingerprint density at radius 3 is 2.70 bits per heavy atom. The Balaban J connectivity index is 2.47. The van der Waals surface area contributed by atoms with E-state index in [9.17, 15) is 0 Å². The third-order valence-electron chi connectivity index (χ3n) is 3.73. The number of aryl methyl sites for hydroxylation is 1. The van der Waals surface area contributed by atoms with Gasteiger partial charge in [-0.05, 0) is 43.4 Å². The molecule has 1 aromatic carbocycles. The summed E-state index contributed by atoms with van der Waals surface area (Å²) < 4.78 is 5.61. The van der Waals surface area contributed by atoms with E-state index in [1.165, 1.54) is 5.56 Å². The molecule has 2 aromatic rings. The lowest BCUT2D eigenvalue weighted by Gasteiger charge is -2.22. The maximum absolute atomic E-state index is 6.34. The molecule has 108 valence electrons. The fraction of sp³-hybridized carbons (Fsp3) is 0.467. The van der Waals surface area contributed by atoms with Crippen LogP contribution in [-0.4, -0.2) is 22.5 Å². The second-order valence-electron chi connectivity index (χ2n) is 5.02. The number of H-pyrrole nitrogens is 1. The summed E-state index contributed by atoms with van der Waals surface area (Å²) in [6.45, 7) is 6.24. The molecule has 0 aliphatic carbocycles. The number of nitrogens with one attached hydrogen (secondary N) is 1. The minimum Gasteiger partial charge on any atom is -0.496 e. The smallest absolute Gasteiger partial charge is 0.125 e. The fourth-order valence-corrected chi connectivity index (χ4v) is 2.93. The molecule has 0 amide bonds. The largest absolute Gasteiger partial charge is 0.496 e. The van der Waals surface area contributed by atoms with Gasteiger partial charge < -0.3 is 4.74 Å². The zero-order chi connectivity index (χ0) is 14.7. The first kappa shape index (κ1) is 14.9. The molecule has 5 heteroatoms. The molecule has 2 rings (SSSR count). The molecule has 4 nitrogen and oxygen atoms in total. The molecule has 1 unspecified atom stereocenters. The first-order valence-electron chi connectivity index (χ1n) is 6.76. The van der Waals surface area contributed by atoms with Crippen molar-refractivity contribution in [2.75, 3.05) is 7.11 Å². The van der Waals surface area contributed by atoms with E-state index in [4.69, 9.17) is 16.3 Å². The van der Waals surface area contributed by atoms with Crippen molar-refractivity contribution in [3.63, 3.8) is 0 Å². The van der Waals surface area contributed by atoms with Crippen LogP contribution in [0.5, 0.6) is 5.75 Å². The van der Waals surface area contributed by atoms with E-state index < -0.39 is 0 Å². The first-order valence-corrected chi connectivity index (χ1v) is 7.14. The standard InChI is InChI=1S/C15H20ClN3O/c1-5-11(7-12-8-17-19-18-12)14-10(3)13(16)6-9(2)15(14)20-4/h6,8,11H,5,7H2,1-4H3,(H,17,18,19). The molecule has 1 atom stereocenters. The van der Waals surface area contributed by atoms with Crippen LogP contribution in [0.25, 0.3) is 0 Å². The Morgan fingerprint density at radius 2 is 2.15 bits per heavy atom. The van der Waals surface area contributed by atoms with Crippen molar-refractivity contribution < 1.29 is 4.74 Å². The molecule has 0 fully saturated rings. The number of hydrogen-bond donors (Lipinski definition) is 1. The van der Waals surface area contributed by atoms with Gasteiger partial charge in [0.15, 0.2) is 0 Å². The second kappa shape index (κ2) is 6.27. The van der Waals surface area contributed by atoms with Gasteiger partial charge in [-0.25, -0.2) is 0 Å². The minimum atomic E-state index is 0.312. The highest BCUT2D eigenvalue weighted by Crippen LogP contribution is 2.39. The minimum absolute atomic E-state index is 0.312. The van der Waals surface area contributed by atoms with Crippen LogP contribution >= 0.6 is 11.6 Å². The summed E-state index contributed by atoms with van der Waals surface area (Å²) in [6, 6.07) is 1.96. The van der Waals surface area contributed by atoms with Gasteiger partial charge in [0.2, 0.25) is 0 Å². The average molecular weight is 294 g/mol. The normalized spacial score (nSPS) is 12.4. The summed E-state index contributed by atoms with van der Waals surface area (Å²) >= 11 is 6.34. The molecule has 0 saturated carbocycles. The summed E-state index contributed by atoms with van der Waals surface area (Å²) in [6.07, 6.45) is 3.58. The van der Waals surface area contributed by atoms with E-state index in [1.54, 1.807) is 13.3 Å². The van der Waals surface area contributed by atoms with Crippen molar-refractivity contribution in [2.45, 2.75) is 39.5 Å². The summed E-state index contributed by atoms with van der Waals surface area (Å²) in [4.78, 5) is 0. The lowest BCUT2D eigenvalue weighted by molar-refractivity contribution is 0.400. The van der Waals surface area contributed by atoms with E-state index in [0.717, 1.165) is 40.4 Å². The number of aromatic nitrogens is 3. The van der Waals surface area contributed by atoms with E-state index in [-0.39, 0.29) is 0 Å². The zero-order valence-corrected chi connectivity index (χ0v) is 13.1. The Labute approximate surface area is 124 Å². The number of hydrogen-bond acceptors (Lipinski definition) is 3. The van der Waals surface area contributed by atoms with Gasteiger partial charge in [-0.2, -0.15) is 15.4 Å². The highest BCUT2D eigenvalue weighted by atomic mass is 35.5. The molecule has 0 radical (unpaired) electrons. The molecule has 0 spiro atoms. The quantitative estimate of drug-likeness (QED) is 0.912. The van der Waals surface area contributed by atoms with Crippen LogP contribution < -0.4 is 4.74 Å². The number of aromatic amines is 1. The van der Waals surface area contributed by atoms with Gasteiger partial charge in [-0.3, -0.25) is 0 Å². The van der Waals surface area contributed by atoms with Crippen LogP contribution in [0.3, 0.4) is 0 Å². The van der Waals surface area contributed by atoms with Gasteiger partial charge >= 0.3 is 0 Å². The van der Waals surface area contributed by atoms with Crippen molar-refractivity contribution in [3.05, 3.63) is 39.7 Å². The molecular formula is C15H20ClN3O. The highest BCUT2D eigenvalue weighted by molar-refractivity contribution is 6.31. The van der Waals surface area contributed by atoms with Gasteiger partial charge in [0.1, 0.15) is 5.75 Å². The molecule has 1 aromatic heterocycles. The monoisotopic (exact) mass is 293 g/mol. The number of ether oxygens (including phenoxy) is 1. The van der Waals surface area contributed by atoms with Crippen molar-refractivity contribution in [1.82, 2.24) is 15.4 Å². The predicted octanol–water partition coefficient (Wildman–Crippen LogP) is 3.82. The van der Waals surface area contributed by atoms with Gasteiger partial charge in [0.25, 0.3) is 0 Å². The summed E-state index contributed by atoms with van der Waals surface area (Å²) in [5, 5.41) is 11.5. The summed E-state index contributed by atoms with van der Waals surface area (Å²) in [5.74, 6) is 1.25. The van der Waals surface area contributed by atoms with E-state index in [1.807, 2.05) is 19.9 Å². The van der Waals surface area contributed by atoms with Crippen molar-refractivity contribution in [3.8, 4) is 5.75 Å².